The quantitative estimate of drug-likeness (QED) is 0.739. The lowest BCUT2D eigenvalue weighted by Crippen LogP contribution is -2.47. The molecule has 7 nitrogen and oxygen atoms in total. The third-order valence-corrected chi connectivity index (χ3v) is 5.69. The van der Waals surface area contributed by atoms with Crippen molar-refractivity contribution in [3.05, 3.63) is 23.6 Å². The van der Waals surface area contributed by atoms with Crippen LogP contribution in [0.1, 0.15) is 32.6 Å². The maximum absolute atomic E-state index is 12.8. The van der Waals surface area contributed by atoms with E-state index in [4.69, 9.17) is 9.47 Å². The molecule has 2 aromatic rings. The highest BCUT2D eigenvalue weighted by Crippen LogP contribution is 2.35. The first-order chi connectivity index (χ1) is 13.5. The first kappa shape index (κ1) is 20.1. The number of hydrogen-bond acceptors (Lipinski definition) is 6. The lowest BCUT2D eigenvalue weighted by molar-refractivity contribution is -0.126. The molecule has 2 amide bonds. The van der Waals surface area contributed by atoms with Gasteiger partial charge in [-0.1, -0.05) is 12.8 Å². The summed E-state index contributed by atoms with van der Waals surface area (Å²) >= 11 is 1.33. The van der Waals surface area contributed by atoms with Gasteiger partial charge in [0.1, 0.15) is 17.5 Å². The number of carbonyl (C=O) groups is 2. The van der Waals surface area contributed by atoms with Gasteiger partial charge in [-0.15, -0.1) is 11.3 Å². The molecule has 150 valence electrons. The standard InChI is InChI=1S/C20H25N3O4S/c1-12(24)21-18(13-6-4-5-7-13)19(25)23-20-22-16(11-28-20)15-10-14(26-2)8-9-17(15)27-3/h8-11,13,18H,4-7H2,1-3H3,(H,21,24)(H,22,23,25)/t18-/m0/s1. The molecule has 0 spiro atoms. The second-order valence-electron chi connectivity index (χ2n) is 6.82. The Bertz CT molecular complexity index is 846. The zero-order valence-electron chi connectivity index (χ0n) is 16.3. The Labute approximate surface area is 168 Å². The van der Waals surface area contributed by atoms with Crippen molar-refractivity contribution in [2.24, 2.45) is 5.92 Å². The number of nitrogens with zero attached hydrogens (tertiary/aromatic N) is 1. The van der Waals surface area contributed by atoms with E-state index in [9.17, 15) is 9.59 Å². The molecule has 2 N–H and O–H groups in total. The zero-order chi connectivity index (χ0) is 20.1. The van der Waals surface area contributed by atoms with Gasteiger partial charge in [-0.25, -0.2) is 4.98 Å². The molecule has 0 radical (unpaired) electrons. The predicted octanol–water partition coefficient (Wildman–Crippen LogP) is 3.46. The lowest BCUT2D eigenvalue weighted by Gasteiger charge is -2.22. The van der Waals surface area contributed by atoms with Crippen LogP contribution in [0, 0.1) is 5.92 Å². The second-order valence-corrected chi connectivity index (χ2v) is 7.67. The Morgan fingerprint density at radius 3 is 2.61 bits per heavy atom. The summed E-state index contributed by atoms with van der Waals surface area (Å²) in [5.74, 6) is 1.11. The van der Waals surface area contributed by atoms with Gasteiger partial charge in [0, 0.05) is 17.9 Å². The zero-order valence-corrected chi connectivity index (χ0v) is 17.1. The number of hydrogen-bond donors (Lipinski definition) is 2. The van der Waals surface area contributed by atoms with Crippen LogP contribution in [0.2, 0.25) is 0 Å². The van der Waals surface area contributed by atoms with E-state index in [1.165, 1.54) is 18.3 Å². The van der Waals surface area contributed by atoms with Crippen molar-refractivity contribution in [1.29, 1.82) is 0 Å². The molecule has 1 aromatic carbocycles. The Morgan fingerprint density at radius 1 is 1.21 bits per heavy atom. The average Bonchev–Trinajstić information content (AvgIpc) is 3.37. The number of amides is 2. The van der Waals surface area contributed by atoms with Gasteiger partial charge in [-0.3, -0.25) is 9.59 Å². The molecule has 1 aromatic heterocycles. The van der Waals surface area contributed by atoms with Crippen LogP contribution in [0.4, 0.5) is 5.13 Å². The van der Waals surface area contributed by atoms with Crippen molar-refractivity contribution in [3.8, 4) is 22.8 Å². The number of methoxy groups -OCH3 is 2. The SMILES string of the molecule is COc1ccc(OC)c(-c2csc(NC(=O)[C@@H](NC(C)=O)C3CCCC3)n2)c1. The van der Waals surface area contributed by atoms with Gasteiger partial charge in [0.25, 0.3) is 0 Å². The molecule has 1 saturated carbocycles. The molecule has 3 rings (SSSR count). The summed E-state index contributed by atoms with van der Waals surface area (Å²) in [7, 11) is 3.20. The van der Waals surface area contributed by atoms with E-state index in [0.717, 1.165) is 31.2 Å². The number of carbonyl (C=O) groups excluding carboxylic acids is 2. The van der Waals surface area contributed by atoms with E-state index in [0.29, 0.717) is 22.3 Å². The monoisotopic (exact) mass is 403 g/mol. The van der Waals surface area contributed by atoms with Gasteiger partial charge in [0.15, 0.2) is 5.13 Å². The number of benzene rings is 1. The van der Waals surface area contributed by atoms with Gasteiger partial charge in [-0.05, 0) is 37.0 Å². The summed E-state index contributed by atoms with van der Waals surface area (Å²) in [6.45, 7) is 1.44. The molecule has 1 atom stereocenters. The highest BCUT2D eigenvalue weighted by Gasteiger charge is 2.31. The minimum absolute atomic E-state index is 0.168. The number of thiazole rings is 1. The molecular weight excluding hydrogens is 378 g/mol. The summed E-state index contributed by atoms with van der Waals surface area (Å²) in [5, 5.41) is 8.01. The summed E-state index contributed by atoms with van der Waals surface area (Å²) in [5.41, 5.74) is 1.47. The first-order valence-corrected chi connectivity index (χ1v) is 10.2. The number of anilines is 1. The van der Waals surface area contributed by atoms with Gasteiger partial charge in [0.05, 0.1) is 19.9 Å². The van der Waals surface area contributed by atoms with E-state index in [2.05, 4.69) is 15.6 Å². The van der Waals surface area contributed by atoms with E-state index in [-0.39, 0.29) is 17.7 Å². The van der Waals surface area contributed by atoms with Crippen molar-refractivity contribution < 1.29 is 19.1 Å². The molecule has 8 heteroatoms. The highest BCUT2D eigenvalue weighted by molar-refractivity contribution is 7.14. The molecule has 0 bridgehead atoms. The Hall–Kier alpha value is -2.61. The molecule has 1 aliphatic carbocycles. The van der Waals surface area contributed by atoms with E-state index in [1.807, 2.05) is 23.6 Å². The Kier molecular flexibility index (Phi) is 6.51. The number of ether oxygens (including phenoxy) is 2. The van der Waals surface area contributed by atoms with E-state index >= 15 is 0 Å². The van der Waals surface area contributed by atoms with Crippen LogP contribution in [0.25, 0.3) is 11.3 Å². The molecule has 28 heavy (non-hydrogen) atoms. The molecule has 0 saturated heterocycles. The molecular formula is C20H25N3O4S. The van der Waals surface area contributed by atoms with E-state index in [1.54, 1.807) is 14.2 Å². The third kappa shape index (κ3) is 4.62. The average molecular weight is 404 g/mol. The van der Waals surface area contributed by atoms with Crippen LogP contribution in [-0.2, 0) is 9.59 Å². The predicted molar refractivity (Wildman–Crippen MR) is 109 cm³/mol. The minimum Gasteiger partial charge on any atom is -0.497 e. The molecule has 0 aliphatic heterocycles. The number of rotatable bonds is 7. The van der Waals surface area contributed by atoms with Crippen molar-refractivity contribution in [3.63, 3.8) is 0 Å². The van der Waals surface area contributed by atoms with Crippen molar-refractivity contribution in [2.75, 3.05) is 19.5 Å². The van der Waals surface area contributed by atoms with Gasteiger partial charge in [-0.2, -0.15) is 0 Å². The topological polar surface area (TPSA) is 89.5 Å². The van der Waals surface area contributed by atoms with Crippen molar-refractivity contribution in [2.45, 2.75) is 38.6 Å². The smallest absolute Gasteiger partial charge is 0.249 e. The fourth-order valence-electron chi connectivity index (χ4n) is 3.56. The minimum atomic E-state index is -0.529. The molecule has 1 aliphatic rings. The van der Waals surface area contributed by atoms with Crippen LogP contribution >= 0.6 is 11.3 Å². The second kappa shape index (κ2) is 9.05. The van der Waals surface area contributed by atoms with Crippen molar-refractivity contribution in [1.82, 2.24) is 10.3 Å². The van der Waals surface area contributed by atoms with Crippen LogP contribution in [0.15, 0.2) is 23.6 Å². The highest BCUT2D eigenvalue weighted by atomic mass is 32.1. The summed E-state index contributed by atoms with van der Waals surface area (Å²) in [4.78, 5) is 28.9. The fourth-order valence-corrected chi connectivity index (χ4v) is 4.27. The lowest BCUT2D eigenvalue weighted by atomic mass is 9.97. The summed E-state index contributed by atoms with van der Waals surface area (Å²) < 4.78 is 10.7. The summed E-state index contributed by atoms with van der Waals surface area (Å²) in [6.07, 6.45) is 4.07. The third-order valence-electron chi connectivity index (χ3n) is 4.93. The van der Waals surface area contributed by atoms with Gasteiger partial charge >= 0.3 is 0 Å². The van der Waals surface area contributed by atoms with Crippen molar-refractivity contribution >= 4 is 28.3 Å². The maximum Gasteiger partial charge on any atom is 0.249 e. The van der Waals surface area contributed by atoms with Gasteiger partial charge < -0.3 is 20.1 Å². The first-order valence-electron chi connectivity index (χ1n) is 9.27. The molecule has 1 fully saturated rings. The van der Waals surface area contributed by atoms with E-state index < -0.39 is 6.04 Å². The van der Waals surface area contributed by atoms with Crippen LogP contribution < -0.4 is 20.1 Å². The molecule has 1 heterocycles. The van der Waals surface area contributed by atoms with Crippen LogP contribution in [0.3, 0.4) is 0 Å². The van der Waals surface area contributed by atoms with Gasteiger partial charge in [0.2, 0.25) is 11.8 Å². The van der Waals surface area contributed by atoms with Crippen LogP contribution in [0.5, 0.6) is 11.5 Å². The number of nitrogens with one attached hydrogen (secondary N) is 2. The number of aromatic nitrogens is 1. The summed E-state index contributed by atoms with van der Waals surface area (Å²) in [6, 6.07) is 4.95. The maximum atomic E-state index is 12.8. The fraction of sp³-hybridized carbons (Fsp3) is 0.450. The Morgan fingerprint density at radius 2 is 1.96 bits per heavy atom. The van der Waals surface area contributed by atoms with Crippen LogP contribution in [-0.4, -0.2) is 37.1 Å². The molecule has 0 unspecified atom stereocenters. The largest absolute Gasteiger partial charge is 0.497 e. The Balaban J connectivity index is 1.78. The normalized spacial score (nSPS) is 15.1.